The predicted molar refractivity (Wildman–Crippen MR) is 102 cm³/mol. The van der Waals surface area contributed by atoms with Crippen molar-refractivity contribution in [3.05, 3.63) is 40.9 Å². The van der Waals surface area contributed by atoms with Crippen molar-refractivity contribution in [1.29, 1.82) is 0 Å². The summed E-state index contributed by atoms with van der Waals surface area (Å²) in [4.78, 5) is 16.7. The van der Waals surface area contributed by atoms with Crippen LogP contribution in [0.1, 0.15) is 10.4 Å². The van der Waals surface area contributed by atoms with Gasteiger partial charge in [0, 0.05) is 37.3 Å². The Balaban J connectivity index is 0.00000243. The fraction of sp³-hybridized carbons (Fsp3) is 0.353. The van der Waals surface area contributed by atoms with Crippen molar-refractivity contribution in [2.24, 2.45) is 0 Å². The molecule has 140 valence electrons. The number of halogens is 2. The minimum absolute atomic E-state index is 0. The van der Waals surface area contributed by atoms with E-state index < -0.39 is 0 Å². The molecule has 1 aromatic carbocycles. The van der Waals surface area contributed by atoms with Crippen LogP contribution < -0.4 is 14.4 Å². The quantitative estimate of drug-likeness (QED) is 0.787. The predicted octanol–water partition coefficient (Wildman–Crippen LogP) is 2.53. The number of carbonyl (C=O) groups excluding carboxylic acids is 1. The lowest BCUT2D eigenvalue weighted by Gasteiger charge is -2.35. The summed E-state index contributed by atoms with van der Waals surface area (Å²) >= 11 is 6.02. The summed E-state index contributed by atoms with van der Waals surface area (Å²) in [5.41, 5.74) is 0.479. The molecule has 1 aliphatic rings. The first-order chi connectivity index (χ1) is 12.1. The van der Waals surface area contributed by atoms with E-state index >= 15 is 0 Å². The second kappa shape index (κ2) is 8.91. The van der Waals surface area contributed by atoms with Crippen LogP contribution >= 0.6 is 24.0 Å². The molecule has 0 N–H and O–H groups in total. The third-order valence-corrected chi connectivity index (χ3v) is 4.35. The van der Waals surface area contributed by atoms with Gasteiger partial charge in [-0.05, 0) is 24.3 Å². The Kier molecular flexibility index (Phi) is 6.88. The molecule has 1 saturated heterocycles. The Labute approximate surface area is 163 Å². The molecule has 3 rings (SSSR count). The van der Waals surface area contributed by atoms with Crippen LogP contribution in [-0.4, -0.2) is 61.4 Å². The highest BCUT2D eigenvalue weighted by Gasteiger charge is 2.25. The van der Waals surface area contributed by atoms with Crippen molar-refractivity contribution in [2.75, 3.05) is 45.3 Å². The summed E-state index contributed by atoms with van der Waals surface area (Å²) in [6, 6.07) is 8.69. The maximum atomic E-state index is 12.8. The van der Waals surface area contributed by atoms with Crippen LogP contribution in [0.15, 0.2) is 30.3 Å². The minimum Gasteiger partial charge on any atom is -0.496 e. The fourth-order valence-electron chi connectivity index (χ4n) is 2.75. The maximum Gasteiger partial charge on any atom is 0.257 e. The Morgan fingerprint density at radius 2 is 1.77 bits per heavy atom. The summed E-state index contributed by atoms with van der Waals surface area (Å²) in [5.74, 6) is 1.69. The standard InChI is InChI=1S/C17H19ClN4O3.ClH/c1-24-14-4-3-12(18)11-13(14)17(23)22-9-7-21(8-10-22)15-5-6-16(25-2)20-19-15;/h3-6,11H,7-10H2,1-2H3;1H. The van der Waals surface area contributed by atoms with E-state index in [1.807, 2.05) is 6.07 Å². The number of hydrogen-bond acceptors (Lipinski definition) is 6. The molecule has 1 aromatic heterocycles. The largest absolute Gasteiger partial charge is 0.496 e. The Bertz CT molecular complexity index is 750. The highest BCUT2D eigenvalue weighted by molar-refractivity contribution is 6.31. The van der Waals surface area contributed by atoms with Crippen LogP contribution in [0.25, 0.3) is 0 Å². The van der Waals surface area contributed by atoms with Gasteiger partial charge in [-0.2, -0.15) is 0 Å². The number of anilines is 1. The summed E-state index contributed by atoms with van der Waals surface area (Å²) in [5, 5.41) is 8.64. The second-order valence-electron chi connectivity index (χ2n) is 5.56. The number of aromatic nitrogens is 2. The van der Waals surface area contributed by atoms with Gasteiger partial charge >= 0.3 is 0 Å². The van der Waals surface area contributed by atoms with E-state index in [1.165, 1.54) is 0 Å². The molecule has 0 aliphatic carbocycles. The van der Waals surface area contributed by atoms with Gasteiger partial charge in [-0.3, -0.25) is 4.79 Å². The first kappa shape index (κ1) is 20.1. The third-order valence-electron chi connectivity index (χ3n) is 4.12. The molecule has 1 fully saturated rings. The second-order valence-corrected chi connectivity index (χ2v) is 5.99. The van der Waals surface area contributed by atoms with E-state index in [0.717, 1.165) is 5.82 Å². The number of methoxy groups -OCH3 is 2. The molecule has 9 heteroatoms. The molecule has 2 heterocycles. The van der Waals surface area contributed by atoms with Crippen molar-refractivity contribution >= 4 is 35.7 Å². The van der Waals surface area contributed by atoms with Gasteiger partial charge in [-0.15, -0.1) is 22.6 Å². The smallest absolute Gasteiger partial charge is 0.257 e. The Hall–Kier alpha value is -2.25. The van der Waals surface area contributed by atoms with Gasteiger partial charge in [0.2, 0.25) is 5.88 Å². The van der Waals surface area contributed by atoms with Crippen LogP contribution in [-0.2, 0) is 0 Å². The number of rotatable bonds is 4. The SMILES string of the molecule is COc1ccc(N2CCN(C(=O)c3cc(Cl)ccc3OC)CC2)nn1.Cl. The van der Waals surface area contributed by atoms with E-state index in [-0.39, 0.29) is 18.3 Å². The minimum atomic E-state index is -0.0835. The zero-order valence-corrected chi connectivity index (χ0v) is 16.1. The van der Waals surface area contributed by atoms with Gasteiger partial charge in [0.1, 0.15) is 5.75 Å². The van der Waals surface area contributed by atoms with Crippen molar-refractivity contribution in [2.45, 2.75) is 0 Å². The van der Waals surface area contributed by atoms with Gasteiger partial charge < -0.3 is 19.3 Å². The lowest BCUT2D eigenvalue weighted by atomic mass is 10.1. The van der Waals surface area contributed by atoms with E-state index in [4.69, 9.17) is 21.1 Å². The van der Waals surface area contributed by atoms with E-state index in [0.29, 0.717) is 48.4 Å². The third kappa shape index (κ3) is 4.28. The highest BCUT2D eigenvalue weighted by atomic mass is 35.5. The van der Waals surface area contributed by atoms with Crippen molar-refractivity contribution in [1.82, 2.24) is 15.1 Å². The van der Waals surface area contributed by atoms with Gasteiger partial charge in [-0.25, -0.2) is 0 Å². The van der Waals surface area contributed by atoms with Gasteiger partial charge in [-0.1, -0.05) is 11.6 Å². The zero-order valence-electron chi connectivity index (χ0n) is 14.5. The molecule has 1 aliphatic heterocycles. The van der Waals surface area contributed by atoms with E-state index in [9.17, 15) is 4.79 Å². The van der Waals surface area contributed by atoms with Crippen LogP contribution in [0.4, 0.5) is 5.82 Å². The Morgan fingerprint density at radius 1 is 1.04 bits per heavy atom. The number of nitrogens with zero attached hydrogens (tertiary/aromatic N) is 4. The van der Waals surface area contributed by atoms with Crippen LogP contribution in [0, 0.1) is 0 Å². The summed E-state index contributed by atoms with van der Waals surface area (Å²) in [6.45, 7) is 2.52. The fourth-order valence-corrected chi connectivity index (χ4v) is 2.92. The van der Waals surface area contributed by atoms with E-state index in [2.05, 4.69) is 15.1 Å². The Morgan fingerprint density at radius 3 is 2.35 bits per heavy atom. The average Bonchev–Trinajstić information content (AvgIpc) is 2.67. The lowest BCUT2D eigenvalue weighted by Crippen LogP contribution is -2.49. The monoisotopic (exact) mass is 398 g/mol. The molecule has 0 spiro atoms. The van der Waals surface area contributed by atoms with Crippen molar-refractivity contribution in [3.63, 3.8) is 0 Å². The molecule has 0 saturated carbocycles. The molecule has 0 bridgehead atoms. The average molecular weight is 399 g/mol. The topological polar surface area (TPSA) is 67.8 Å². The number of benzene rings is 1. The molecule has 2 aromatic rings. The van der Waals surface area contributed by atoms with Gasteiger partial charge in [0.25, 0.3) is 5.91 Å². The molecule has 7 nitrogen and oxygen atoms in total. The summed E-state index contributed by atoms with van der Waals surface area (Å²) < 4.78 is 10.3. The first-order valence-corrected chi connectivity index (χ1v) is 8.25. The molecule has 0 atom stereocenters. The highest BCUT2D eigenvalue weighted by Crippen LogP contribution is 2.25. The number of amides is 1. The van der Waals surface area contributed by atoms with Crippen LogP contribution in [0.5, 0.6) is 11.6 Å². The lowest BCUT2D eigenvalue weighted by molar-refractivity contribution is 0.0743. The van der Waals surface area contributed by atoms with Crippen LogP contribution in [0.3, 0.4) is 0 Å². The first-order valence-electron chi connectivity index (χ1n) is 7.88. The van der Waals surface area contributed by atoms with E-state index in [1.54, 1.807) is 43.4 Å². The molecular formula is C17H20Cl2N4O3. The van der Waals surface area contributed by atoms with Crippen molar-refractivity contribution in [3.8, 4) is 11.6 Å². The maximum absolute atomic E-state index is 12.8. The number of carbonyl (C=O) groups is 1. The number of hydrogen-bond donors (Lipinski definition) is 0. The molecular weight excluding hydrogens is 379 g/mol. The molecule has 0 unspecified atom stereocenters. The molecule has 1 amide bonds. The van der Waals surface area contributed by atoms with Crippen LogP contribution in [0.2, 0.25) is 5.02 Å². The van der Waals surface area contributed by atoms with Gasteiger partial charge in [0.15, 0.2) is 5.82 Å². The normalized spacial score (nSPS) is 13.8. The molecule has 0 radical (unpaired) electrons. The summed E-state index contributed by atoms with van der Waals surface area (Å²) in [7, 11) is 3.10. The molecule has 26 heavy (non-hydrogen) atoms. The summed E-state index contributed by atoms with van der Waals surface area (Å²) in [6.07, 6.45) is 0. The van der Waals surface area contributed by atoms with Crippen molar-refractivity contribution < 1.29 is 14.3 Å². The number of piperazine rings is 1. The zero-order chi connectivity index (χ0) is 17.8. The number of ether oxygens (including phenoxy) is 2. The van der Waals surface area contributed by atoms with Gasteiger partial charge in [0.05, 0.1) is 19.8 Å².